The highest BCUT2D eigenvalue weighted by Gasteiger charge is 2.21. The fourth-order valence-corrected chi connectivity index (χ4v) is 2.16. The predicted octanol–water partition coefficient (Wildman–Crippen LogP) is 1.92. The maximum absolute atomic E-state index is 5.99. The van der Waals surface area contributed by atoms with E-state index in [0.29, 0.717) is 5.92 Å². The first kappa shape index (κ1) is 12.3. The van der Waals surface area contributed by atoms with Crippen molar-refractivity contribution in [1.82, 2.24) is 9.97 Å². The summed E-state index contributed by atoms with van der Waals surface area (Å²) in [5, 5.41) is 0. The molecular weight excluding hydrogens is 212 g/mol. The van der Waals surface area contributed by atoms with E-state index in [9.17, 15) is 0 Å². The Bertz CT molecular complexity index is 362. The Morgan fingerprint density at radius 2 is 1.94 bits per heavy atom. The molecule has 1 saturated carbocycles. The largest absolute Gasteiger partial charge is 0.342 e. The van der Waals surface area contributed by atoms with E-state index in [-0.39, 0.29) is 5.54 Å². The van der Waals surface area contributed by atoms with Gasteiger partial charge in [-0.25, -0.2) is 9.97 Å². The molecule has 0 atom stereocenters. The lowest BCUT2D eigenvalue weighted by molar-refractivity contribution is 0.417. The van der Waals surface area contributed by atoms with E-state index in [4.69, 9.17) is 5.73 Å². The number of anilines is 1. The summed E-state index contributed by atoms with van der Waals surface area (Å²) in [4.78, 5) is 10.9. The molecule has 17 heavy (non-hydrogen) atoms. The van der Waals surface area contributed by atoms with Crippen molar-refractivity contribution >= 4 is 5.95 Å². The second-order valence-corrected chi connectivity index (χ2v) is 5.79. The van der Waals surface area contributed by atoms with Crippen LogP contribution in [0.15, 0.2) is 12.4 Å². The molecule has 94 valence electrons. The molecule has 1 aliphatic carbocycles. The maximum Gasteiger partial charge on any atom is 0.225 e. The molecular formula is C13H22N4. The summed E-state index contributed by atoms with van der Waals surface area (Å²) >= 11 is 0. The molecule has 0 spiro atoms. The number of nitrogens with zero attached hydrogens (tertiary/aromatic N) is 3. The van der Waals surface area contributed by atoms with Crippen LogP contribution >= 0.6 is 0 Å². The summed E-state index contributed by atoms with van der Waals surface area (Å²) in [7, 11) is 1.98. The van der Waals surface area contributed by atoms with E-state index in [2.05, 4.69) is 9.97 Å². The van der Waals surface area contributed by atoms with Crippen LogP contribution in [-0.2, 0) is 0 Å². The maximum atomic E-state index is 5.99. The van der Waals surface area contributed by atoms with Crippen molar-refractivity contribution in [3.05, 3.63) is 18.0 Å². The minimum atomic E-state index is -0.231. The summed E-state index contributed by atoms with van der Waals surface area (Å²) in [6, 6.07) is 0. The zero-order chi connectivity index (χ0) is 12.5. The summed E-state index contributed by atoms with van der Waals surface area (Å²) in [6.07, 6.45) is 7.84. The normalized spacial score (nSPS) is 16.7. The van der Waals surface area contributed by atoms with Crippen LogP contribution in [0.1, 0.15) is 44.6 Å². The third-order valence-electron chi connectivity index (χ3n) is 3.22. The first-order valence-electron chi connectivity index (χ1n) is 6.28. The zero-order valence-corrected chi connectivity index (χ0v) is 11.0. The minimum absolute atomic E-state index is 0.231. The summed E-state index contributed by atoms with van der Waals surface area (Å²) in [5.74, 6) is 1.45. The van der Waals surface area contributed by atoms with Crippen LogP contribution in [0.3, 0.4) is 0 Å². The fourth-order valence-electron chi connectivity index (χ4n) is 2.16. The number of rotatable bonds is 4. The quantitative estimate of drug-likeness (QED) is 0.864. The first-order valence-corrected chi connectivity index (χ1v) is 6.28. The van der Waals surface area contributed by atoms with Crippen molar-refractivity contribution in [2.45, 2.75) is 44.6 Å². The molecule has 2 N–H and O–H groups in total. The molecule has 1 aliphatic rings. The highest BCUT2D eigenvalue weighted by molar-refractivity contribution is 5.30. The standard InChI is InChI=1S/C13H22N4/c1-13(2,14)9-17(3)12-15-7-11(8-16-12)10-5-4-6-10/h7-8,10H,4-6,9,14H2,1-3H3. The van der Waals surface area contributed by atoms with Crippen LogP contribution in [-0.4, -0.2) is 29.1 Å². The van der Waals surface area contributed by atoms with Gasteiger partial charge in [0.25, 0.3) is 0 Å². The molecule has 1 fully saturated rings. The molecule has 1 aromatic heterocycles. The van der Waals surface area contributed by atoms with Crippen LogP contribution in [0.4, 0.5) is 5.95 Å². The van der Waals surface area contributed by atoms with E-state index < -0.39 is 0 Å². The second-order valence-electron chi connectivity index (χ2n) is 5.79. The van der Waals surface area contributed by atoms with Crippen molar-refractivity contribution in [2.24, 2.45) is 5.73 Å². The van der Waals surface area contributed by atoms with Gasteiger partial charge in [0.1, 0.15) is 0 Å². The van der Waals surface area contributed by atoms with Gasteiger partial charge in [-0.15, -0.1) is 0 Å². The van der Waals surface area contributed by atoms with Gasteiger partial charge >= 0.3 is 0 Å². The average Bonchev–Trinajstić information content (AvgIpc) is 2.13. The van der Waals surface area contributed by atoms with E-state index in [1.807, 2.05) is 38.2 Å². The van der Waals surface area contributed by atoms with Crippen LogP contribution in [0.25, 0.3) is 0 Å². The smallest absolute Gasteiger partial charge is 0.225 e. The third kappa shape index (κ3) is 3.16. The van der Waals surface area contributed by atoms with Crippen molar-refractivity contribution in [2.75, 3.05) is 18.5 Å². The van der Waals surface area contributed by atoms with Crippen molar-refractivity contribution in [3.8, 4) is 0 Å². The Balaban J connectivity index is 2.01. The molecule has 0 unspecified atom stereocenters. The van der Waals surface area contributed by atoms with Crippen LogP contribution in [0.2, 0.25) is 0 Å². The number of likely N-dealkylation sites (N-methyl/N-ethyl adjacent to an activating group) is 1. The molecule has 0 bridgehead atoms. The Kier molecular flexibility index (Phi) is 3.33. The average molecular weight is 234 g/mol. The van der Waals surface area contributed by atoms with Gasteiger partial charge in [-0.2, -0.15) is 0 Å². The van der Waals surface area contributed by atoms with Gasteiger partial charge < -0.3 is 10.6 Å². The Morgan fingerprint density at radius 1 is 1.35 bits per heavy atom. The molecule has 4 heteroatoms. The molecule has 0 saturated heterocycles. The Morgan fingerprint density at radius 3 is 2.35 bits per heavy atom. The SMILES string of the molecule is CN(CC(C)(C)N)c1ncc(C2CCC2)cn1. The molecule has 4 nitrogen and oxygen atoms in total. The monoisotopic (exact) mass is 234 g/mol. The number of hydrogen-bond acceptors (Lipinski definition) is 4. The van der Waals surface area contributed by atoms with Crippen molar-refractivity contribution in [1.29, 1.82) is 0 Å². The Hall–Kier alpha value is -1.16. The first-order chi connectivity index (χ1) is 7.96. The van der Waals surface area contributed by atoms with Gasteiger partial charge in [-0.1, -0.05) is 6.42 Å². The zero-order valence-electron chi connectivity index (χ0n) is 11.0. The van der Waals surface area contributed by atoms with Gasteiger partial charge in [-0.05, 0) is 38.2 Å². The lowest BCUT2D eigenvalue weighted by Gasteiger charge is -2.28. The number of nitrogens with two attached hydrogens (primary N) is 1. The predicted molar refractivity (Wildman–Crippen MR) is 70.2 cm³/mol. The highest BCUT2D eigenvalue weighted by atomic mass is 15.2. The molecule has 0 aromatic carbocycles. The summed E-state index contributed by atoms with van der Waals surface area (Å²) in [5.41, 5.74) is 7.03. The fraction of sp³-hybridized carbons (Fsp3) is 0.692. The number of aromatic nitrogens is 2. The van der Waals surface area contributed by atoms with Crippen LogP contribution in [0, 0.1) is 0 Å². The Labute approximate surface area is 103 Å². The lowest BCUT2D eigenvalue weighted by Crippen LogP contribution is -2.44. The van der Waals surface area contributed by atoms with Crippen molar-refractivity contribution < 1.29 is 0 Å². The van der Waals surface area contributed by atoms with Gasteiger partial charge in [-0.3, -0.25) is 0 Å². The topological polar surface area (TPSA) is 55.0 Å². The molecule has 2 rings (SSSR count). The van der Waals surface area contributed by atoms with E-state index >= 15 is 0 Å². The van der Waals surface area contributed by atoms with Gasteiger partial charge in [0.2, 0.25) is 5.95 Å². The highest BCUT2D eigenvalue weighted by Crippen LogP contribution is 2.35. The second kappa shape index (κ2) is 4.61. The van der Waals surface area contributed by atoms with E-state index in [0.717, 1.165) is 12.5 Å². The van der Waals surface area contributed by atoms with Gasteiger partial charge in [0.05, 0.1) is 0 Å². The minimum Gasteiger partial charge on any atom is -0.342 e. The molecule has 1 heterocycles. The third-order valence-corrected chi connectivity index (χ3v) is 3.22. The van der Waals surface area contributed by atoms with E-state index in [1.165, 1.54) is 24.8 Å². The van der Waals surface area contributed by atoms with Gasteiger partial charge in [0, 0.05) is 31.5 Å². The molecule has 0 aliphatic heterocycles. The summed E-state index contributed by atoms with van der Waals surface area (Å²) < 4.78 is 0. The number of hydrogen-bond donors (Lipinski definition) is 1. The van der Waals surface area contributed by atoms with Crippen LogP contribution < -0.4 is 10.6 Å². The summed E-state index contributed by atoms with van der Waals surface area (Å²) in [6.45, 7) is 4.76. The van der Waals surface area contributed by atoms with Gasteiger partial charge in [0.15, 0.2) is 0 Å². The molecule has 0 amide bonds. The molecule has 0 radical (unpaired) electrons. The van der Waals surface area contributed by atoms with Crippen LogP contribution in [0.5, 0.6) is 0 Å². The van der Waals surface area contributed by atoms with E-state index in [1.54, 1.807) is 0 Å². The lowest BCUT2D eigenvalue weighted by atomic mass is 9.81. The molecule has 1 aromatic rings. The van der Waals surface area contributed by atoms with Crippen molar-refractivity contribution in [3.63, 3.8) is 0 Å².